The van der Waals surface area contributed by atoms with Crippen LogP contribution in [0.15, 0.2) is 65.4 Å². The van der Waals surface area contributed by atoms with Gasteiger partial charge in [0.1, 0.15) is 17.2 Å². The van der Waals surface area contributed by atoms with Crippen LogP contribution in [0.2, 0.25) is 0 Å². The van der Waals surface area contributed by atoms with E-state index in [1.54, 1.807) is 24.3 Å². The first-order valence-corrected chi connectivity index (χ1v) is 6.75. The lowest BCUT2D eigenvalue weighted by Crippen LogP contribution is -2.34. The molecule has 3 aromatic rings. The number of carboxylic acid groups (broad SMARTS) is 1. The molecule has 0 saturated heterocycles. The molecular weight excluding hydrogens is 300 g/mol. The van der Waals surface area contributed by atoms with Gasteiger partial charge in [0.25, 0.3) is 6.73 Å². The van der Waals surface area contributed by atoms with Gasteiger partial charge in [0.15, 0.2) is 0 Å². The van der Waals surface area contributed by atoms with Crippen LogP contribution in [-0.4, -0.2) is 16.1 Å². The molecule has 0 aliphatic heterocycles. The van der Waals surface area contributed by atoms with Crippen molar-refractivity contribution in [2.45, 2.75) is 6.73 Å². The van der Waals surface area contributed by atoms with Gasteiger partial charge in [-0.2, -0.15) is 0 Å². The Hall–Kier alpha value is -3.35. The Morgan fingerprint density at radius 2 is 1.70 bits per heavy atom. The predicted molar refractivity (Wildman–Crippen MR) is 77.2 cm³/mol. The van der Waals surface area contributed by atoms with Crippen molar-refractivity contribution in [3.8, 4) is 17.2 Å². The number of carboxylic acids is 1. The molecule has 0 aliphatic carbocycles. The van der Waals surface area contributed by atoms with E-state index in [1.807, 2.05) is 30.3 Å². The number of hydrogen-bond donors (Lipinski definition) is 1. The third-order valence-corrected chi connectivity index (χ3v) is 2.85. The number of nitrogens with zero attached hydrogens (tertiary/aromatic N) is 2. The lowest BCUT2D eigenvalue weighted by Gasteiger charge is -2.06. The van der Waals surface area contributed by atoms with E-state index in [4.69, 9.17) is 19.1 Å². The Kier molecular flexibility index (Phi) is 4.19. The van der Waals surface area contributed by atoms with Crippen LogP contribution in [0.3, 0.4) is 0 Å². The van der Waals surface area contributed by atoms with Crippen molar-refractivity contribution in [2.24, 2.45) is 0 Å². The normalized spacial score (nSPS) is 10.3. The van der Waals surface area contributed by atoms with Crippen molar-refractivity contribution in [1.82, 2.24) is 4.98 Å². The van der Waals surface area contributed by atoms with Crippen LogP contribution in [0.1, 0.15) is 10.7 Å². The Bertz CT molecular complexity index is 784. The van der Waals surface area contributed by atoms with Gasteiger partial charge in [-0.15, -0.1) is 0 Å². The molecule has 23 heavy (non-hydrogen) atoms. The number of carbonyl (C=O) groups is 1. The quantitative estimate of drug-likeness (QED) is 0.704. The average molecular weight is 313 g/mol. The maximum Gasteiger partial charge on any atom is 0.461 e. The monoisotopic (exact) mass is 313 g/mol. The molecule has 1 N–H and O–H groups in total. The third-order valence-electron chi connectivity index (χ3n) is 2.85. The molecule has 0 fully saturated rings. The molecule has 7 nitrogen and oxygen atoms in total. The maximum absolute atomic E-state index is 10.7. The molecule has 2 aromatic carbocycles. The second-order valence-corrected chi connectivity index (χ2v) is 4.52. The van der Waals surface area contributed by atoms with Crippen molar-refractivity contribution in [1.29, 1.82) is 0 Å². The molecule has 0 saturated carbocycles. The lowest BCUT2D eigenvalue weighted by molar-refractivity contribution is -0.883. The summed E-state index contributed by atoms with van der Waals surface area (Å²) in [6, 6.07) is 16.5. The van der Waals surface area contributed by atoms with E-state index < -0.39 is 5.97 Å². The van der Waals surface area contributed by atoms with E-state index in [-0.39, 0.29) is 12.6 Å². The van der Waals surface area contributed by atoms with Crippen molar-refractivity contribution in [3.05, 3.63) is 66.8 Å². The molecule has 0 aliphatic rings. The molecule has 7 heteroatoms. The van der Waals surface area contributed by atoms with Crippen LogP contribution in [0.5, 0.6) is 17.2 Å². The van der Waals surface area contributed by atoms with E-state index in [0.29, 0.717) is 11.5 Å². The fraction of sp³-hybridized carbons (Fsp3) is 0.0625. The lowest BCUT2D eigenvalue weighted by atomic mass is 10.3. The second-order valence-electron chi connectivity index (χ2n) is 4.52. The van der Waals surface area contributed by atoms with Gasteiger partial charge in [-0.25, -0.2) is 9.32 Å². The average Bonchev–Trinajstić information content (AvgIpc) is 3.04. The molecule has 0 bridgehead atoms. The Morgan fingerprint density at radius 3 is 2.35 bits per heavy atom. The summed E-state index contributed by atoms with van der Waals surface area (Å²) in [5, 5.41) is 8.71. The zero-order valence-corrected chi connectivity index (χ0v) is 12.0. The van der Waals surface area contributed by atoms with E-state index in [1.165, 1.54) is 11.1 Å². The molecule has 0 unspecified atom stereocenters. The third kappa shape index (κ3) is 3.85. The minimum absolute atomic E-state index is 0.0131. The molecule has 116 valence electrons. The summed E-state index contributed by atoms with van der Waals surface area (Å²) in [6.07, 6.45) is 1.25. The van der Waals surface area contributed by atoms with Gasteiger partial charge in [-0.3, -0.25) is 0 Å². The van der Waals surface area contributed by atoms with E-state index in [0.717, 1.165) is 5.75 Å². The van der Waals surface area contributed by atoms with Gasteiger partial charge in [0.2, 0.25) is 0 Å². The van der Waals surface area contributed by atoms with Crippen LogP contribution in [0.4, 0.5) is 0 Å². The Labute approximate surface area is 131 Å². The van der Waals surface area contributed by atoms with Crippen LogP contribution >= 0.6 is 0 Å². The highest BCUT2D eigenvalue weighted by atomic mass is 16.6. The zero-order valence-electron chi connectivity index (χ0n) is 12.0. The van der Waals surface area contributed by atoms with Gasteiger partial charge < -0.3 is 14.6 Å². The summed E-state index contributed by atoms with van der Waals surface area (Å²) in [5.41, 5.74) is 0. The SMILES string of the molecule is O=C(O)c1nc[n+](COc2ccc(Oc3ccccc3)cc2)o1. The smallest absolute Gasteiger partial charge is 0.461 e. The summed E-state index contributed by atoms with van der Waals surface area (Å²) >= 11 is 0. The summed E-state index contributed by atoms with van der Waals surface area (Å²) in [6.45, 7) is 0.0131. The highest BCUT2D eigenvalue weighted by Gasteiger charge is 2.19. The molecule has 0 amide bonds. The van der Waals surface area contributed by atoms with Crippen LogP contribution in [-0.2, 0) is 6.73 Å². The fourth-order valence-electron chi connectivity index (χ4n) is 1.80. The summed E-state index contributed by atoms with van der Waals surface area (Å²) in [4.78, 5) is 14.2. The zero-order chi connectivity index (χ0) is 16.1. The number of aromatic nitrogens is 2. The molecule has 1 aromatic heterocycles. The van der Waals surface area contributed by atoms with Gasteiger partial charge >= 0.3 is 18.2 Å². The van der Waals surface area contributed by atoms with E-state index in [2.05, 4.69) is 4.98 Å². The molecular formula is C16H13N2O5+. The van der Waals surface area contributed by atoms with Gasteiger partial charge in [-0.05, 0) is 41.1 Å². The minimum atomic E-state index is -1.23. The summed E-state index contributed by atoms with van der Waals surface area (Å²) in [5.74, 6) is 0.404. The van der Waals surface area contributed by atoms with Crippen molar-refractivity contribution >= 4 is 5.97 Å². The second kappa shape index (κ2) is 6.61. The number of aromatic carboxylic acids is 1. The fourth-order valence-corrected chi connectivity index (χ4v) is 1.80. The minimum Gasteiger partial charge on any atom is -0.472 e. The summed E-state index contributed by atoms with van der Waals surface area (Å²) in [7, 11) is 0. The number of ether oxygens (including phenoxy) is 2. The van der Waals surface area contributed by atoms with Crippen molar-refractivity contribution in [3.63, 3.8) is 0 Å². The highest BCUT2D eigenvalue weighted by molar-refractivity contribution is 5.81. The molecule has 0 radical (unpaired) electrons. The van der Waals surface area contributed by atoms with Crippen LogP contribution < -0.4 is 14.2 Å². The predicted octanol–water partition coefficient (Wildman–Crippen LogP) is 2.49. The summed E-state index contributed by atoms with van der Waals surface area (Å²) < 4.78 is 17.2. The molecule has 1 heterocycles. The first kappa shape index (κ1) is 14.6. The van der Waals surface area contributed by atoms with E-state index >= 15 is 0 Å². The topological polar surface area (TPSA) is 85.7 Å². The van der Waals surface area contributed by atoms with Gasteiger partial charge in [0, 0.05) is 4.98 Å². The molecule has 0 spiro atoms. The van der Waals surface area contributed by atoms with Crippen molar-refractivity contribution < 1.29 is 28.6 Å². The number of hydrogen-bond acceptors (Lipinski definition) is 5. The van der Waals surface area contributed by atoms with Crippen LogP contribution in [0.25, 0.3) is 0 Å². The molecule has 0 atom stereocenters. The first-order valence-electron chi connectivity index (χ1n) is 6.75. The first-order chi connectivity index (χ1) is 11.2. The standard InChI is InChI=1S/C16H12N2O5/c19-16(20)15-17-10-18(23-15)11-21-12-6-8-14(9-7-12)22-13-4-2-1-3-5-13/h1-10H,11H2/p+1. The Morgan fingerprint density at radius 1 is 1.04 bits per heavy atom. The van der Waals surface area contributed by atoms with Crippen LogP contribution in [0, 0.1) is 0 Å². The van der Waals surface area contributed by atoms with Crippen molar-refractivity contribution in [2.75, 3.05) is 0 Å². The number of rotatable bonds is 6. The highest BCUT2D eigenvalue weighted by Crippen LogP contribution is 2.23. The Balaban J connectivity index is 1.57. The molecule has 3 rings (SSSR count). The number of benzene rings is 2. The van der Waals surface area contributed by atoms with E-state index in [9.17, 15) is 4.79 Å². The largest absolute Gasteiger partial charge is 0.472 e. The van der Waals surface area contributed by atoms with Gasteiger partial charge in [-0.1, -0.05) is 18.2 Å². The number of para-hydroxylation sites is 1. The maximum atomic E-state index is 10.7. The van der Waals surface area contributed by atoms with Gasteiger partial charge in [0.05, 0.1) is 0 Å².